The van der Waals surface area contributed by atoms with Crippen LogP contribution in [0, 0.1) is 5.41 Å². The predicted octanol–water partition coefficient (Wildman–Crippen LogP) is 0.428. The summed E-state index contributed by atoms with van der Waals surface area (Å²) in [7, 11) is -2.97. The Labute approximate surface area is 76.9 Å². The fraction of sp³-hybridized carbons (Fsp3) is 0.875. The standard InChI is InChI=1S/C8H12O4S/c9-7(10)8-2-1-6(5-8)13(11,12)4-3-8/h6H,1-5H2,(H,9,10). The molecule has 1 heterocycles. The van der Waals surface area contributed by atoms with Crippen LogP contribution in [-0.2, 0) is 14.6 Å². The van der Waals surface area contributed by atoms with E-state index >= 15 is 0 Å². The minimum absolute atomic E-state index is 0.0595. The summed E-state index contributed by atoms with van der Waals surface area (Å²) in [5, 5.41) is 8.61. The molecule has 0 aromatic rings. The minimum atomic E-state index is -2.97. The van der Waals surface area contributed by atoms with Gasteiger partial charge < -0.3 is 5.11 Å². The Hall–Kier alpha value is -0.580. The van der Waals surface area contributed by atoms with Crippen LogP contribution in [0.4, 0.5) is 0 Å². The second kappa shape index (κ2) is 2.47. The number of sulfone groups is 1. The SMILES string of the molecule is O=C(O)C12CCC(C1)S(=O)(=O)CC2. The summed E-state index contributed by atoms with van der Waals surface area (Å²) in [6.07, 6.45) is 1.71. The van der Waals surface area contributed by atoms with Gasteiger partial charge in [0, 0.05) is 0 Å². The first-order valence-corrected chi connectivity index (χ1v) is 6.13. The quantitative estimate of drug-likeness (QED) is 0.672. The molecule has 1 N–H and O–H groups in total. The van der Waals surface area contributed by atoms with Gasteiger partial charge in [0.25, 0.3) is 0 Å². The molecular formula is C8H12O4S. The zero-order valence-corrected chi connectivity index (χ0v) is 8.01. The van der Waals surface area contributed by atoms with Gasteiger partial charge in [-0.25, -0.2) is 8.42 Å². The summed E-state index contributed by atoms with van der Waals surface area (Å²) in [4.78, 5) is 11.0. The van der Waals surface area contributed by atoms with Crippen LogP contribution in [0.1, 0.15) is 25.7 Å². The van der Waals surface area contributed by atoms with E-state index < -0.39 is 21.2 Å². The molecule has 0 spiro atoms. The van der Waals surface area contributed by atoms with Crippen LogP contribution >= 0.6 is 0 Å². The van der Waals surface area contributed by atoms with Crippen LogP contribution in [0.5, 0.6) is 0 Å². The van der Waals surface area contributed by atoms with Crippen LogP contribution < -0.4 is 0 Å². The van der Waals surface area contributed by atoms with Crippen molar-refractivity contribution in [1.29, 1.82) is 0 Å². The summed E-state index contributed by atoms with van der Waals surface area (Å²) in [5.41, 5.74) is -0.712. The summed E-state index contributed by atoms with van der Waals surface area (Å²) >= 11 is 0. The lowest BCUT2D eigenvalue weighted by Gasteiger charge is -2.28. The van der Waals surface area contributed by atoms with Gasteiger partial charge in [0.1, 0.15) is 0 Å². The van der Waals surface area contributed by atoms with Crippen molar-refractivity contribution in [3.63, 3.8) is 0 Å². The topological polar surface area (TPSA) is 71.4 Å². The average Bonchev–Trinajstić information content (AvgIpc) is 2.42. The van der Waals surface area contributed by atoms with Gasteiger partial charge >= 0.3 is 5.97 Å². The Morgan fingerprint density at radius 3 is 2.69 bits per heavy atom. The maximum Gasteiger partial charge on any atom is 0.309 e. The molecule has 13 heavy (non-hydrogen) atoms. The molecule has 2 aliphatic rings. The van der Waals surface area contributed by atoms with E-state index in [2.05, 4.69) is 0 Å². The molecule has 1 aliphatic heterocycles. The lowest BCUT2D eigenvalue weighted by molar-refractivity contribution is -0.148. The van der Waals surface area contributed by atoms with E-state index in [-0.39, 0.29) is 11.0 Å². The highest BCUT2D eigenvalue weighted by Crippen LogP contribution is 2.48. The molecule has 1 aliphatic carbocycles. The number of carboxylic acid groups (broad SMARTS) is 1. The Morgan fingerprint density at radius 2 is 2.08 bits per heavy atom. The number of fused-ring (bicyclic) bond motifs is 2. The molecule has 0 aromatic carbocycles. The van der Waals surface area contributed by atoms with Crippen LogP contribution in [0.25, 0.3) is 0 Å². The van der Waals surface area contributed by atoms with Crippen LogP contribution in [0.3, 0.4) is 0 Å². The molecule has 1 saturated heterocycles. The van der Waals surface area contributed by atoms with Crippen molar-refractivity contribution >= 4 is 15.8 Å². The van der Waals surface area contributed by atoms with Crippen molar-refractivity contribution < 1.29 is 18.3 Å². The molecular weight excluding hydrogens is 192 g/mol. The van der Waals surface area contributed by atoms with Crippen LogP contribution in [0.2, 0.25) is 0 Å². The third-order valence-electron chi connectivity index (χ3n) is 3.39. The maximum absolute atomic E-state index is 11.4. The number of hydrogen-bond acceptors (Lipinski definition) is 3. The number of rotatable bonds is 1. The average molecular weight is 204 g/mol. The normalized spacial score (nSPS) is 41.7. The fourth-order valence-electron chi connectivity index (χ4n) is 2.42. The summed E-state index contributed by atoms with van der Waals surface area (Å²) in [6.45, 7) is 0. The van der Waals surface area contributed by atoms with Gasteiger partial charge in [-0.05, 0) is 25.7 Å². The van der Waals surface area contributed by atoms with Gasteiger partial charge in [-0.1, -0.05) is 0 Å². The molecule has 5 heteroatoms. The number of aliphatic carboxylic acids is 1. The second-order valence-electron chi connectivity index (χ2n) is 4.07. The summed E-state index contributed by atoms with van der Waals surface area (Å²) < 4.78 is 22.8. The van der Waals surface area contributed by atoms with Crippen molar-refractivity contribution in [3.05, 3.63) is 0 Å². The Kier molecular flexibility index (Phi) is 1.71. The predicted molar refractivity (Wildman–Crippen MR) is 46.1 cm³/mol. The Balaban J connectivity index is 2.32. The van der Waals surface area contributed by atoms with Gasteiger partial charge in [0.05, 0.1) is 16.4 Å². The molecule has 2 rings (SSSR count). The van der Waals surface area contributed by atoms with Crippen molar-refractivity contribution in [1.82, 2.24) is 0 Å². The zero-order chi connectivity index (χ0) is 9.69. The number of carboxylic acids is 1. The van der Waals surface area contributed by atoms with E-state index in [1.54, 1.807) is 0 Å². The molecule has 2 fully saturated rings. The third-order valence-corrected chi connectivity index (χ3v) is 5.58. The van der Waals surface area contributed by atoms with Gasteiger partial charge in [-0.2, -0.15) is 0 Å². The zero-order valence-electron chi connectivity index (χ0n) is 7.19. The highest BCUT2D eigenvalue weighted by molar-refractivity contribution is 7.92. The van der Waals surface area contributed by atoms with Gasteiger partial charge in [-0.15, -0.1) is 0 Å². The van der Waals surface area contributed by atoms with Crippen molar-refractivity contribution in [2.45, 2.75) is 30.9 Å². The van der Waals surface area contributed by atoms with E-state index in [1.807, 2.05) is 0 Å². The lowest BCUT2D eigenvalue weighted by atomic mass is 9.83. The first kappa shape index (κ1) is 8.99. The number of carbonyl (C=O) groups is 1. The van der Waals surface area contributed by atoms with Crippen molar-refractivity contribution in [2.75, 3.05) is 5.75 Å². The van der Waals surface area contributed by atoms with Gasteiger partial charge in [0.2, 0.25) is 0 Å². The monoisotopic (exact) mass is 204 g/mol. The molecule has 1 saturated carbocycles. The van der Waals surface area contributed by atoms with E-state index in [4.69, 9.17) is 5.11 Å². The highest BCUT2D eigenvalue weighted by Gasteiger charge is 2.53. The third kappa shape index (κ3) is 1.17. The Morgan fingerprint density at radius 1 is 1.38 bits per heavy atom. The highest BCUT2D eigenvalue weighted by atomic mass is 32.2. The molecule has 0 radical (unpaired) electrons. The van der Waals surface area contributed by atoms with E-state index in [1.165, 1.54) is 0 Å². The lowest BCUT2D eigenvalue weighted by Crippen LogP contribution is -2.37. The van der Waals surface area contributed by atoms with Gasteiger partial charge in [-0.3, -0.25) is 4.79 Å². The molecule has 2 atom stereocenters. The fourth-order valence-corrected chi connectivity index (χ4v) is 4.47. The first-order chi connectivity index (χ1) is 5.96. The van der Waals surface area contributed by atoms with Crippen molar-refractivity contribution in [3.8, 4) is 0 Å². The first-order valence-electron chi connectivity index (χ1n) is 4.41. The Bertz CT molecular complexity index is 345. The van der Waals surface area contributed by atoms with E-state index in [0.717, 1.165) is 0 Å². The maximum atomic E-state index is 11.4. The van der Waals surface area contributed by atoms with Crippen molar-refractivity contribution in [2.24, 2.45) is 5.41 Å². The molecule has 2 bridgehead atoms. The van der Waals surface area contributed by atoms with E-state index in [0.29, 0.717) is 25.7 Å². The minimum Gasteiger partial charge on any atom is -0.481 e. The van der Waals surface area contributed by atoms with Crippen LogP contribution in [-0.4, -0.2) is 30.5 Å². The molecule has 0 aromatic heterocycles. The molecule has 0 amide bonds. The molecule has 2 unspecified atom stereocenters. The molecule has 74 valence electrons. The van der Waals surface area contributed by atoms with E-state index in [9.17, 15) is 13.2 Å². The number of hydrogen-bond donors (Lipinski definition) is 1. The summed E-state index contributed by atoms with van der Waals surface area (Å²) in [6, 6.07) is 0. The largest absolute Gasteiger partial charge is 0.481 e. The smallest absolute Gasteiger partial charge is 0.309 e. The second-order valence-corrected chi connectivity index (χ2v) is 6.47. The van der Waals surface area contributed by atoms with Gasteiger partial charge in [0.15, 0.2) is 9.84 Å². The molecule has 4 nitrogen and oxygen atoms in total. The summed E-state index contributed by atoms with van der Waals surface area (Å²) in [5.74, 6) is -0.755. The van der Waals surface area contributed by atoms with Crippen LogP contribution in [0.15, 0.2) is 0 Å².